The molecule has 2 rings (SSSR count). The quantitative estimate of drug-likeness (QED) is 0.882. The van der Waals surface area contributed by atoms with Gasteiger partial charge in [0.25, 0.3) is 0 Å². The zero-order valence-corrected chi connectivity index (χ0v) is 9.89. The molecule has 2 aromatic rings. The van der Waals surface area contributed by atoms with Gasteiger partial charge in [-0.3, -0.25) is 4.79 Å². The predicted octanol–water partition coefficient (Wildman–Crippen LogP) is 1.05. The minimum Gasteiger partial charge on any atom is -0.480 e. The third-order valence-electron chi connectivity index (χ3n) is 2.30. The average Bonchev–Trinajstić information content (AvgIpc) is 2.57. The Labute approximate surface area is 100 Å². The molecular formula is C10H10BrN3O2. The van der Waals surface area contributed by atoms with E-state index in [0.717, 1.165) is 5.52 Å². The van der Waals surface area contributed by atoms with Crippen molar-refractivity contribution < 1.29 is 9.90 Å². The number of aromatic nitrogens is 2. The Morgan fingerprint density at radius 3 is 3.06 bits per heavy atom. The lowest BCUT2D eigenvalue weighted by Crippen LogP contribution is -2.32. The number of imidazole rings is 1. The van der Waals surface area contributed by atoms with Crippen LogP contribution in [0.3, 0.4) is 0 Å². The van der Waals surface area contributed by atoms with Gasteiger partial charge >= 0.3 is 5.97 Å². The summed E-state index contributed by atoms with van der Waals surface area (Å²) in [5.41, 5.74) is 6.38. The van der Waals surface area contributed by atoms with Crippen molar-refractivity contribution in [2.45, 2.75) is 12.5 Å². The van der Waals surface area contributed by atoms with Crippen molar-refractivity contribution in [3.05, 3.63) is 34.8 Å². The van der Waals surface area contributed by atoms with Crippen LogP contribution in [-0.4, -0.2) is 26.5 Å². The van der Waals surface area contributed by atoms with Gasteiger partial charge in [0, 0.05) is 12.6 Å². The number of carboxylic acid groups (broad SMARTS) is 1. The van der Waals surface area contributed by atoms with Gasteiger partial charge in [-0.05, 0) is 28.1 Å². The summed E-state index contributed by atoms with van der Waals surface area (Å²) in [5.74, 6) is -0.388. The second-order valence-corrected chi connectivity index (χ2v) is 4.17. The van der Waals surface area contributed by atoms with Crippen LogP contribution in [0.15, 0.2) is 29.0 Å². The van der Waals surface area contributed by atoms with E-state index in [9.17, 15) is 4.79 Å². The number of pyridine rings is 1. The summed E-state index contributed by atoms with van der Waals surface area (Å²) in [7, 11) is 0. The molecule has 2 heterocycles. The molecule has 0 radical (unpaired) electrons. The van der Waals surface area contributed by atoms with Crippen molar-refractivity contribution in [2.75, 3.05) is 0 Å². The molecule has 0 aromatic carbocycles. The third kappa shape index (κ3) is 1.94. The first kappa shape index (κ1) is 11.1. The van der Waals surface area contributed by atoms with E-state index in [2.05, 4.69) is 20.9 Å². The molecule has 0 amide bonds. The number of rotatable bonds is 3. The fourth-order valence-corrected chi connectivity index (χ4v) is 2.02. The van der Waals surface area contributed by atoms with Crippen molar-refractivity contribution in [2.24, 2.45) is 5.73 Å². The molecule has 0 saturated heterocycles. The molecule has 0 aliphatic heterocycles. The van der Waals surface area contributed by atoms with E-state index in [1.807, 2.05) is 28.8 Å². The van der Waals surface area contributed by atoms with Crippen LogP contribution in [0, 0.1) is 0 Å². The summed E-state index contributed by atoms with van der Waals surface area (Å²) in [6.07, 6.45) is 2.03. The number of fused-ring (bicyclic) bond motifs is 1. The number of hydrogen-bond acceptors (Lipinski definition) is 3. The van der Waals surface area contributed by atoms with E-state index in [-0.39, 0.29) is 6.42 Å². The maximum Gasteiger partial charge on any atom is 0.320 e. The standard InChI is InChI=1S/C10H10BrN3O2/c11-9-7-3-1-2-4-14(7)8(13-9)5-6(12)10(15)16/h1-4,6H,5,12H2,(H,15,16). The summed E-state index contributed by atoms with van der Waals surface area (Å²) in [6, 6.07) is 4.71. The average molecular weight is 284 g/mol. The number of halogens is 1. The van der Waals surface area contributed by atoms with E-state index in [1.54, 1.807) is 0 Å². The first-order valence-electron chi connectivity index (χ1n) is 4.69. The van der Waals surface area contributed by atoms with Gasteiger partial charge in [-0.25, -0.2) is 4.98 Å². The Bertz CT molecular complexity index is 538. The molecule has 0 aliphatic rings. The lowest BCUT2D eigenvalue weighted by atomic mass is 10.2. The highest BCUT2D eigenvalue weighted by atomic mass is 79.9. The summed E-state index contributed by atoms with van der Waals surface area (Å²) in [4.78, 5) is 14.9. The molecule has 84 valence electrons. The van der Waals surface area contributed by atoms with Crippen molar-refractivity contribution in [3.8, 4) is 0 Å². The predicted molar refractivity (Wildman–Crippen MR) is 62.2 cm³/mol. The van der Waals surface area contributed by atoms with E-state index in [4.69, 9.17) is 10.8 Å². The highest BCUT2D eigenvalue weighted by molar-refractivity contribution is 9.10. The highest BCUT2D eigenvalue weighted by Crippen LogP contribution is 2.19. The van der Waals surface area contributed by atoms with Gasteiger partial charge in [-0.2, -0.15) is 0 Å². The molecule has 0 bridgehead atoms. The maximum absolute atomic E-state index is 10.7. The SMILES string of the molecule is NC(Cc1nc(Br)c2ccccn12)C(=O)O. The summed E-state index contributed by atoms with van der Waals surface area (Å²) >= 11 is 3.32. The summed E-state index contributed by atoms with van der Waals surface area (Å²) < 4.78 is 2.52. The first-order valence-corrected chi connectivity index (χ1v) is 5.48. The van der Waals surface area contributed by atoms with E-state index >= 15 is 0 Å². The fourth-order valence-electron chi connectivity index (χ4n) is 1.49. The highest BCUT2D eigenvalue weighted by Gasteiger charge is 2.16. The smallest absolute Gasteiger partial charge is 0.320 e. The van der Waals surface area contributed by atoms with Crippen LogP contribution < -0.4 is 5.73 Å². The van der Waals surface area contributed by atoms with Crippen LogP contribution in [-0.2, 0) is 11.2 Å². The monoisotopic (exact) mass is 283 g/mol. The minimum absolute atomic E-state index is 0.201. The maximum atomic E-state index is 10.7. The van der Waals surface area contributed by atoms with Gasteiger partial charge in [0.1, 0.15) is 16.5 Å². The van der Waals surface area contributed by atoms with Crippen LogP contribution in [0.2, 0.25) is 0 Å². The molecule has 16 heavy (non-hydrogen) atoms. The Kier molecular flexibility index (Phi) is 2.93. The van der Waals surface area contributed by atoms with Gasteiger partial charge in [0.2, 0.25) is 0 Å². The Balaban J connectivity index is 2.42. The topological polar surface area (TPSA) is 80.6 Å². The number of hydrogen-bond donors (Lipinski definition) is 2. The third-order valence-corrected chi connectivity index (χ3v) is 2.88. The van der Waals surface area contributed by atoms with Gasteiger partial charge in [-0.1, -0.05) is 6.07 Å². The number of nitrogens with two attached hydrogens (primary N) is 1. The molecule has 0 aliphatic carbocycles. The van der Waals surface area contributed by atoms with Crippen LogP contribution in [0.5, 0.6) is 0 Å². The van der Waals surface area contributed by atoms with Gasteiger partial charge in [-0.15, -0.1) is 0 Å². The Morgan fingerprint density at radius 1 is 1.62 bits per heavy atom. The van der Waals surface area contributed by atoms with Gasteiger partial charge < -0.3 is 15.2 Å². The first-order chi connectivity index (χ1) is 7.59. The van der Waals surface area contributed by atoms with Gasteiger partial charge in [0.05, 0.1) is 5.52 Å². The van der Waals surface area contributed by atoms with Crippen molar-refractivity contribution in [3.63, 3.8) is 0 Å². The summed E-state index contributed by atoms with van der Waals surface area (Å²) in [5, 5.41) is 8.75. The molecule has 0 saturated carbocycles. The number of nitrogens with zero attached hydrogens (tertiary/aromatic N) is 2. The largest absolute Gasteiger partial charge is 0.480 e. The van der Waals surface area contributed by atoms with Crippen molar-refractivity contribution >= 4 is 27.4 Å². The zero-order chi connectivity index (χ0) is 11.7. The molecule has 1 unspecified atom stereocenters. The Morgan fingerprint density at radius 2 is 2.38 bits per heavy atom. The lowest BCUT2D eigenvalue weighted by Gasteiger charge is -2.04. The molecule has 0 spiro atoms. The molecule has 5 nitrogen and oxygen atoms in total. The van der Waals surface area contributed by atoms with Crippen LogP contribution in [0.4, 0.5) is 0 Å². The van der Waals surface area contributed by atoms with Crippen LogP contribution in [0.1, 0.15) is 5.82 Å². The van der Waals surface area contributed by atoms with Crippen LogP contribution in [0.25, 0.3) is 5.52 Å². The number of carbonyl (C=O) groups is 1. The van der Waals surface area contributed by atoms with E-state index in [1.165, 1.54) is 0 Å². The van der Waals surface area contributed by atoms with E-state index in [0.29, 0.717) is 10.4 Å². The second-order valence-electron chi connectivity index (χ2n) is 3.42. The van der Waals surface area contributed by atoms with Crippen LogP contribution >= 0.6 is 15.9 Å². The Hall–Kier alpha value is -1.40. The number of carboxylic acids is 1. The molecule has 0 fully saturated rings. The van der Waals surface area contributed by atoms with Gasteiger partial charge in [0.15, 0.2) is 0 Å². The normalized spacial score (nSPS) is 12.9. The van der Waals surface area contributed by atoms with Crippen molar-refractivity contribution in [1.29, 1.82) is 0 Å². The summed E-state index contributed by atoms with van der Waals surface area (Å²) in [6.45, 7) is 0. The number of aliphatic carboxylic acids is 1. The minimum atomic E-state index is -1.02. The molecule has 3 N–H and O–H groups in total. The fraction of sp³-hybridized carbons (Fsp3) is 0.200. The van der Waals surface area contributed by atoms with E-state index < -0.39 is 12.0 Å². The van der Waals surface area contributed by atoms with Crippen molar-refractivity contribution in [1.82, 2.24) is 9.38 Å². The molecular weight excluding hydrogens is 274 g/mol. The second kappa shape index (κ2) is 4.23. The molecule has 2 aromatic heterocycles. The zero-order valence-electron chi connectivity index (χ0n) is 8.30. The molecule has 1 atom stereocenters. The lowest BCUT2D eigenvalue weighted by molar-refractivity contribution is -0.138. The molecule has 6 heteroatoms.